The summed E-state index contributed by atoms with van der Waals surface area (Å²) < 4.78 is 5.21. The molecule has 0 aliphatic heterocycles. The maximum atomic E-state index is 12.5. The average Bonchev–Trinajstić information content (AvgIpc) is 3.40. The van der Waals surface area contributed by atoms with E-state index in [1.54, 1.807) is 6.92 Å². The number of rotatable bonds is 4. The van der Waals surface area contributed by atoms with Crippen molar-refractivity contribution in [3.8, 4) is 0 Å². The maximum Gasteiger partial charge on any atom is 0.341 e. The van der Waals surface area contributed by atoms with Gasteiger partial charge in [-0.1, -0.05) is 0 Å². The molecular weight excluding hydrogens is 312 g/mol. The van der Waals surface area contributed by atoms with Crippen molar-refractivity contribution in [1.82, 2.24) is 0 Å². The van der Waals surface area contributed by atoms with E-state index >= 15 is 0 Å². The first-order valence-electron chi connectivity index (χ1n) is 8.42. The van der Waals surface area contributed by atoms with E-state index < -0.39 is 0 Å². The molecule has 0 saturated heterocycles. The van der Waals surface area contributed by atoms with Gasteiger partial charge in [0, 0.05) is 16.8 Å². The molecule has 3 aliphatic rings. The third kappa shape index (κ3) is 2.58. The molecule has 23 heavy (non-hydrogen) atoms. The fourth-order valence-corrected chi connectivity index (χ4v) is 4.98. The second kappa shape index (κ2) is 5.31. The van der Waals surface area contributed by atoms with Crippen LogP contribution in [0.3, 0.4) is 0 Å². The van der Waals surface area contributed by atoms with E-state index in [0.29, 0.717) is 29.0 Å². The van der Waals surface area contributed by atoms with Crippen molar-refractivity contribution in [2.24, 2.45) is 17.1 Å². The molecule has 0 radical (unpaired) electrons. The number of nitrogens with one attached hydrogen (secondary N) is 1. The number of hydrogen-bond donors (Lipinski definition) is 2. The highest BCUT2D eigenvalue weighted by molar-refractivity contribution is 7.17. The molecule has 0 bridgehead atoms. The number of esters is 1. The Hall–Kier alpha value is -1.40. The first-order chi connectivity index (χ1) is 11.0. The Bertz CT molecular complexity index is 678. The third-order valence-corrected chi connectivity index (χ3v) is 6.62. The Labute approximate surface area is 139 Å². The number of ether oxygens (including phenoxy) is 1. The lowest BCUT2D eigenvalue weighted by molar-refractivity contribution is -0.117. The summed E-state index contributed by atoms with van der Waals surface area (Å²) in [5.74, 6) is -0.138. The number of anilines is 1. The van der Waals surface area contributed by atoms with Crippen LogP contribution in [-0.2, 0) is 22.4 Å². The lowest BCUT2D eigenvalue weighted by Crippen LogP contribution is -2.28. The predicted molar refractivity (Wildman–Crippen MR) is 88.7 cm³/mol. The lowest BCUT2D eigenvalue weighted by atomic mass is 9.92. The average molecular weight is 334 g/mol. The number of hydrogen-bond acceptors (Lipinski definition) is 5. The number of aryl methyl sites for hydroxylation is 1. The van der Waals surface area contributed by atoms with Crippen LogP contribution in [0.4, 0.5) is 5.00 Å². The molecule has 3 N–H and O–H groups in total. The molecule has 2 fully saturated rings. The maximum absolute atomic E-state index is 12.5. The Morgan fingerprint density at radius 3 is 2.87 bits per heavy atom. The van der Waals surface area contributed by atoms with Gasteiger partial charge in [-0.05, 0) is 56.4 Å². The normalized spacial score (nSPS) is 26.5. The van der Waals surface area contributed by atoms with Crippen LogP contribution >= 0.6 is 11.3 Å². The molecule has 1 amide bonds. The standard InChI is InChI=1S/C17H22N2O3S/c1-2-22-16(21)13-10-7-9(18)3-4-12(10)23-15(13)19-14(20)11-8-17(11)5-6-17/h9,11H,2-8,18H2,1H3,(H,19,20)/t9-,11?/m0/s1. The van der Waals surface area contributed by atoms with Crippen LogP contribution in [0.1, 0.15) is 53.4 Å². The molecule has 6 heteroatoms. The summed E-state index contributed by atoms with van der Waals surface area (Å²) in [5.41, 5.74) is 7.91. The van der Waals surface area contributed by atoms with Crippen LogP contribution in [0.5, 0.6) is 0 Å². The van der Waals surface area contributed by atoms with Gasteiger partial charge in [0.2, 0.25) is 5.91 Å². The number of nitrogens with two attached hydrogens (primary N) is 1. The van der Waals surface area contributed by atoms with Gasteiger partial charge in [-0.25, -0.2) is 4.79 Å². The minimum absolute atomic E-state index is 0.0657. The predicted octanol–water partition coefficient (Wildman–Crippen LogP) is 2.48. The smallest absolute Gasteiger partial charge is 0.341 e. The number of thiophene rings is 1. The SMILES string of the molecule is CCOC(=O)c1c(NC(=O)C2CC23CC3)sc2c1C[C@@H](N)CC2. The highest BCUT2D eigenvalue weighted by atomic mass is 32.1. The van der Waals surface area contributed by atoms with Crippen molar-refractivity contribution in [3.05, 3.63) is 16.0 Å². The zero-order valence-electron chi connectivity index (χ0n) is 13.3. The summed E-state index contributed by atoms with van der Waals surface area (Å²) in [6.45, 7) is 2.12. The zero-order chi connectivity index (χ0) is 16.2. The summed E-state index contributed by atoms with van der Waals surface area (Å²) in [5, 5.41) is 3.68. The van der Waals surface area contributed by atoms with Gasteiger partial charge >= 0.3 is 5.97 Å². The molecule has 2 atom stereocenters. The van der Waals surface area contributed by atoms with Gasteiger partial charge in [-0.2, -0.15) is 0 Å². The number of carbonyl (C=O) groups excluding carboxylic acids is 2. The summed E-state index contributed by atoms with van der Waals surface area (Å²) >= 11 is 1.52. The van der Waals surface area contributed by atoms with E-state index in [1.807, 2.05) is 0 Å². The summed E-state index contributed by atoms with van der Waals surface area (Å²) in [6, 6.07) is 0.0759. The fourth-order valence-electron chi connectivity index (χ4n) is 3.75. The van der Waals surface area contributed by atoms with Crippen molar-refractivity contribution in [2.45, 2.75) is 51.5 Å². The lowest BCUT2D eigenvalue weighted by Gasteiger charge is -2.18. The number of carbonyl (C=O) groups is 2. The van der Waals surface area contributed by atoms with E-state index in [4.69, 9.17) is 10.5 Å². The first kappa shape index (κ1) is 15.1. The van der Waals surface area contributed by atoms with Gasteiger partial charge in [-0.3, -0.25) is 4.79 Å². The van der Waals surface area contributed by atoms with Gasteiger partial charge < -0.3 is 15.8 Å². The molecule has 1 spiro atoms. The molecule has 1 heterocycles. The van der Waals surface area contributed by atoms with Crippen molar-refractivity contribution < 1.29 is 14.3 Å². The van der Waals surface area contributed by atoms with Crippen LogP contribution < -0.4 is 11.1 Å². The molecular formula is C17H22N2O3S. The van der Waals surface area contributed by atoms with Crippen LogP contribution in [0.25, 0.3) is 0 Å². The van der Waals surface area contributed by atoms with E-state index in [-0.39, 0.29) is 23.8 Å². The van der Waals surface area contributed by atoms with Crippen LogP contribution in [0.2, 0.25) is 0 Å². The monoisotopic (exact) mass is 334 g/mol. The molecule has 1 aromatic heterocycles. The molecule has 2 saturated carbocycles. The summed E-state index contributed by atoms with van der Waals surface area (Å²) in [7, 11) is 0. The Balaban J connectivity index is 1.62. The van der Waals surface area contributed by atoms with Gasteiger partial charge in [0.25, 0.3) is 0 Å². The van der Waals surface area contributed by atoms with E-state index in [9.17, 15) is 9.59 Å². The Morgan fingerprint density at radius 2 is 2.22 bits per heavy atom. The molecule has 1 unspecified atom stereocenters. The highest BCUT2D eigenvalue weighted by Gasteiger charge is 2.65. The van der Waals surface area contributed by atoms with Crippen LogP contribution in [0.15, 0.2) is 0 Å². The van der Waals surface area contributed by atoms with Gasteiger partial charge in [-0.15, -0.1) is 11.3 Å². The second-order valence-electron chi connectivity index (χ2n) is 7.04. The molecule has 124 valence electrons. The first-order valence-corrected chi connectivity index (χ1v) is 9.24. The molecule has 0 aromatic carbocycles. The second-order valence-corrected chi connectivity index (χ2v) is 8.14. The summed E-state index contributed by atoms with van der Waals surface area (Å²) in [6.07, 6.45) is 5.83. The van der Waals surface area contributed by atoms with E-state index in [0.717, 1.165) is 24.8 Å². The number of amides is 1. The fraction of sp³-hybridized carbons (Fsp3) is 0.647. The Kier molecular flexibility index (Phi) is 3.50. The topological polar surface area (TPSA) is 81.4 Å². The van der Waals surface area contributed by atoms with Gasteiger partial charge in [0.1, 0.15) is 5.00 Å². The highest BCUT2D eigenvalue weighted by Crippen LogP contribution is 2.70. The third-order valence-electron chi connectivity index (χ3n) is 5.41. The minimum atomic E-state index is -0.341. The van der Waals surface area contributed by atoms with Crippen molar-refractivity contribution in [1.29, 1.82) is 0 Å². The quantitative estimate of drug-likeness (QED) is 0.829. The van der Waals surface area contributed by atoms with E-state index in [1.165, 1.54) is 29.1 Å². The van der Waals surface area contributed by atoms with Gasteiger partial charge in [0.15, 0.2) is 0 Å². The zero-order valence-corrected chi connectivity index (χ0v) is 14.1. The van der Waals surface area contributed by atoms with E-state index in [2.05, 4.69) is 5.32 Å². The van der Waals surface area contributed by atoms with Gasteiger partial charge in [0.05, 0.1) is 12.2 Å². The van der Waals surface area contributed by atoms with Crippen molar-refractivity contribution in [3.63, 3.8) is 0 Å². The largest absolute Gasteiger partial charge is 0.462 e. The minimum Gasteiger partial charge on any atom is -0.462 e. The molecule has 4 rings (SSSR count). The van der Waals surface area contributed by atoms with Crippen molar-refractivity contribution >= 4 is 28.2 Å². The Morgan fingerprint density at radius 1 is 1.43 bits per heavy atom. The summed E-state index contributed by atoms with van der Waals surface area (Å²) in [4.78, 5) is 26.0. The molecule has 1 aromatic rings. The molecule has 5 nitrogen and oxygen atoms in total. The van der Waals surface area contributed by atoms with Crippen LogP contribution in [0, 0.1) is 11.3 Å². The van der Waals surface area contributed by atoms with Crippen LogP contribution in [-0.4, -0.2) is 24.5 Å². The van der Waals surface area contributed by atoms with Crippen molar-refractivity contribution in [2.75, 3.05) is 11.9 Å². The number of fused-ring (bicyclic) bond motifs is 1. The molecule has 3 aliphatic carbocycles.